The molecule has 0 saturated carbocycles. The van der Waals surface area contributed by atoms with Gasteiger partial charge in [0, 0.05) is 19.7 Å². The zero-order chi connectivity index (χ0) is 11.7. The van der Waals surface area contributed by atoms with Crippen LogP contribution in [0, 0.1) is 5.41 Å². The summed E-state index contributed by atoms with van der Waals surface area (Å²) in [5.74, 6) is 0.485. The third-order valence-electron chi connectivity index (χ3n) is 2.19. The van der Waals surface area contributed by atoms with E-state index in [1.54, 1.807) is 14.0 Å². The van der Waals surface area contributed by atoms with E-state index in [1.807, 2.05) is 0 Å². The van der Waals surface area contributed by atoms with Gasteiger partial charge in [-0.25, -0.2) is 0 Å². The van der Waals surface area contributed by atoms with E-state index in [9.17, 15) is 5.11 Å². The van der Waals surface area contributed by atoms with Gasteiger partial charge in [0.2, 0.25) is 0 Å². The fourth-order valence-corrected chi connectivity index (χ4v) is 1.27. The van der Waals surface area contributed by atoms with Gasteiger partial charge in [0.15, 0.2) is 0 Å². The van der Waals surface area contributed by atoms with Gasteiger partial charge in [-0.1, -0.05) is 6.42 Å². The summed E-state index contributed by atoms with van der Waals surface area (Å²) in [5.41, 5.74) is 5.75. The summed E-state index contributed by atoms with van der Waals surface area (Å²) in [7, 11) is 1.55. The molecule has 0 amide bonds. The highest BCUT2D eigenvalue weighted by Crippen LogP contribution is 2.02. The van der Waals surface area contributed by atoms with Crippen LogP contribution in [0.1, 0.15) is 26.2 Å². The van der Waals surface area contributed by atoms with Gasteiger partial charge in [-0.2, -0.15) is 0 Å². The van der Waals surface area contributed by atoms with Crippen LogP contribution in [-0.2, 0) is 4.74 Å². The third kappa shape index (κ3) is 8.35. The van der Waals surface area contributed by atoms with E-state index in [2.05, 4.69) is 5.32 Å². The number of amidine groups is 1. The van der Waals surface area contributed by atoms with Crippen molar-refractivity contribution < 1.29 is 9.84 Å². The average Bonchev–Trinajstić information content (AvgIpc) is 2.16. The fraction of sp³-hybridized carbons (Fsp3) is 0.900. The minimum absolute atomic E-state index is 0.217. The van der Waals surface area contributed by atoms with Gasteiger partial charge < -0.3 is 20.9 Å². The summed E-state index contributed by atoms with van der Waals surface area (Å²) in [6, 6.07) is -0.217. The molecular weight excluding hydrogens is 194 g/mol. The maximum Gasteiger partial charge on any atom is 0.0923 e. The molecule has 0 radical (unpaired) electrons. The van der Waals surface area contributed by atoms with Crippen LogP contribution in [0.3, 0.4) is 0 Å². The number of nitrogens with one attached hydrogen (secondary N) is 2. The van der Waals surface area contributed by atoms with Gasteiger partial charge in [-0.15, -0.1) is 0 Å². The summed E-state index contributed by atoms with van der Waals surface area (Å²) in [6.07, 6.45) is 2.11. The van der Waals surface area contributed by atoms with Crippen LogP contribution in [0.25, 0.3) is 0 Å². The van der Waals surface area contributed by atoms with Crippen molar-refractivity contribution in [2.24, 2.45) is 5.73 Å². The average molecular weight is 217 g/mol. The van der Waals surface area contributed by atoms with Crippen molar-refractivity contribution in [3.05, 3.63) is 0 Å². The van der Waals surface area contributed by atoms with Crippen LogP contribution in [-0.4, -0.2) is 43.3 Å². The Labute approximate surface area is 91.5 Å². The van der Waals surface area contributed by atoms with Crippen LogP contribution in [0.2, 0.25) is 0 Å². The lowest BCUT2D eigenvalue weighted by molar-refractivity contribution is 0.0456. The smallest absolute Gasteiger partial charge is 0.0923 e. The molecule has 0 aromatic carbocycles. The largest absolute Gasteiger partial charge is 0.389 e. The Kier molecular flexibility index (Phi) is 8.27. The molecule has 5 heteroatoms. The molecule has 0 aliphatic heterocycles. The number of hydrogen-bond acceptors (Lipinski definition) is 4. The lowest BCUT2D eigenvalue weighted by Crippen LogP contribution is -2.37. The first-order valence-corrected chi connectivity index (χ1v) is 5.29. The van der Waals surface area contributed by atoms with Crippen molar-refractivity contribution in [3.63, 3.8) is 0 Å². The van der Waals surface area contributed by atoms with Crippen molar-refractivity contribution in [2.45, 2.75) is 38.3 Å². The number of ether oxygens (including phenoxy) is 1. The normalized spacial score (nSPS) is 14.7. The minimum Gasteiger partial charge on any atom is -0.389 e. The molecule has 0 fully saturated rings. The maximum absolute atomic E-state index is 9.46. The summed E-state index contributed by atoms with van der Waals surface area (Å²) in [5, 5.41) is 19.5. The van der Waals surface area contributed by atoms with Crippen LogP contribution in [0.5, 0.6) is 0 Å². The number of hydrogen-bond donors (Lipinski definition) is 4. The number of nitrogens with two attached hydrogens (primary N) is 1. The molecule has 0 rings (SSSR count). The quantitative estimate of drug-likeness (QED) is 0.263. The second-order valence-electron chi connectivity index (χ2n) is 3.73. The molecule has 0 heterocycles. The van der Waals surface area contributed by atoms with Crippen molar-refractivity contribution in [3.8, 4) is 0 Å². The number of methoxy groups -OCH3 is 1. The molecule has 5 N–H and O–H groups in total. The second kappa shape index (κ2) is 8.64. The van der Waals surface area contributed by atoms with E-state index in [0.29, 0.717) is 12.4 Å². The Bertz CT molecular complexity index is 176. The second-order valence-corrected chi connectivity index (χ2v) is 3.73. The lowest BCUT2D eigenvalue weighted by atomic mass is 10.1. The molecule has 5 nitrogen and oxygen atoms in total. The minimum atomic E-state index is -0.576. The summed E-state index contributed by atoms with van der Waals surface area (Å²) in [4.78, 5) is 0. The first-order chi connectivity index (χ1) is 7.07. The van der Waals surface area contributed by atoms with Gasteiger partial charge >= 0.3 is 0 Å². The van der Waals surface area contributed by atoms with Gasteiger partial charge in [0.1, 0.15) is 0 Å². The zero-order valence-corrected chi connectivity index (χ0v) is 9.62. The Balaban J connectivity index is 3.37. The van der Waals surface area contributed by atoms with Crippen LogP contribution >= 0.6 is 0 Å². The first-order valence-electron chi connectivity index (χ1n) is 5.29. The summed E-state index contributed by atoms with van der Waals surface area (Å²) >= 11 is 0. The van der Waals surface area contributed by atoms with E-state index >= 15 is 0 Å². The standard InChI is InChI=1S/C10H23N3O2/c1-8(11)13-6-4-3-5-9(12)10(14)7-15-2/h9-10,14H,3-7,12H2,1-2H3,(H2,11,13)/t9-,10?/m0/s1. The van der Waals surface area contributed by atoms with Crippen molar-refractivity contribution in [1.29, 1.82) is 5.41 Å². The summed E-state index contributed by atoms with van der Waals surface area (Å²) in [6.45, 7) is 2.80. The van der Waals surface area contributed by atoms with Gasteiger partial charge in [-0.3, -0.25) is 5.41 Å². The Morgan fingerprint density at radius 2 is 2.20 bits per heavy atom. The molecule has 2 atom stereocenters. The molecule has 0 aromatic heterocycles. The molecule has 0 aliphatic carbocycles. The predicted octanol–water partition coefficient (Wildman–Crippen LogP) is 0.0781. The summed E-state index contributed by atoms with van der Waals surface area (Å²) < 4.78 is 4.81. The topological polar surface area (TPSA) is 91.4 Å². The molecule has 0 bridgehead atoms. The number of rotatable bonds is 8. The van der Waals surface area contributed by atoms with E-state index in [1.165, 1.54) is 0 Å². The lowest BCUT2D eigenvalue weighted by Gasteiger charge is -2.17. The van der Waals surface area contributed by atoms with E-state index in [0.717, 1.165) is 25.8 Å². The van der Waals surface area contributed by atoms with Crippen molar-refractivity contribution >= 4 is 5.84 Å². The van der Waals surface area contributed by atoms with E-state index < -0.39 is 6.10 Å². The molecule has 1 unspecified atom stereocenters. The van der Waals surface area contributed by atoms with E-state index in [4.69, 9.17) is 15.9 Å². The van der Waals surface area contributed by atoms with Crippen LogP contribution < -0.4 is 11.1 Å². The molecule has 0 aliphatic rings. The number of aliphatic hydroxyl groups is 1. The van der Waals surface area contributed by atoms with Crippen LogP contribution in [0.4, 0.5) is 0 Å². The Morgan fingerprint density at radius 1 is 1.53 bits per heavy atom. The van der Waals surface area contributed by atoms with E-state index in [-0.39, 0.29) is 6.04 Å². The SMILES string of the molecule is COCC(O)[C@@H](N)CCCCNC(C)=N. The molecule has 0 aromatic rings. The van der Waals surface area contributed by atoms with Crippen LogP contribution in [0.15, 0.2) is 0 Å². The predicted molar refractivity (Wildman–Crippen MR) is 61.1 cm³/mol. The molecule has 0 saturated heterocycles. The fourth-order valence-electron chi connectivity index (χ4n) is 1.27. The number of aliphatic hydroxyl groups excluding tert-OH is 1. The highest BCUT2D eigenvalue weighted by Gasteiger charge is 2.13. The van der Waals surface area contributed by atoms with Gasteiger partial charge in [-0.05, 0) is 19.8 Å². The van der Waals surface area contributed by atoms with Crippen molar-refractivity contribution in [2.75, 3.05) is 20.3 Å². The first kappa shape index (κ1) is 14.3. The maximum atomic E-state index is 9.46. The molecule has 90 valence electrons. The number of unbranched alkanes of at least 4 members (excludes halogenated alkanes) is 1. The molecular formula is C10H23N3O2. The van der Waals surface area contributed by atoms with Gasteiger partial charge in [0.25, 0.3) is 0 Å². The monoisotopic (exact) mass is 217 g/mol. The highest BCUT2D eigenvalue weighted by atomic mass is 16.5. The highest BCUT2D eigenvalue weighted by molar-refractivity contribution is 5.75. The Hall–Kier alpha value is -0.650. The zero-order valence-electron chi connectivity index (χ0n) is 9.62. The molecule has 15 heavy (non-hydrogen) atoms. The van der Waals surface area contributed by atoms with Gasteiger partial charge in [0.05, 0.1) is 18.5 Å². The Morgan fingerprint density at radius 3 is 2.73 bits per heavy atom. The third-order valence-corrected chi connectivity index (χ3v) is 2.19. The van der Waals surface area contributed by atoms with Crippen molar-refractivity contribution in [1.82, 2.24) is 5.32 Å². The molecule has 0 spiro atoms.